The van der Waals surface area contributed by atoms with E-state index in [1.54, 1.807) is 18.2 Å². The molecule has 0 radical (unpaired) electrons. The molecule has 0 amide bonds. The molecule has 4 heteroatoms. The van der Waals surface area contributed by atoms with Gasteiger partial charge in [-0.25, -0.2) is 0 Å². The lowest BCUT2D eigenvalue weighted by Gasteiger charge is -2.26. The van der Waals surface area contributed by atoms with Gasteiger partial charge in [0, 0.05) is 5.56 Å². The van der Waals surface area contributed by atoms with Crippen molar-refractivity contribution in [3.05, 3.63) is 71.1 Å². The van der Waals surface area contributed by atoms with Crippen molar-refractivity contribution in [1.29, 1.82) is 5.26 Å². The molecule has 0 spiro atoms. The second kappa shape index (κ2) is 4.63. The fraction of sp³-hybridized carbons (Fsp3) is 0.0625. The highest BCUT2D eigenvalue weighted by atomic mass is 16.5. The predicted octanol–water partition coefficient (Wildman–Crippen LogP) is 2.61. The van der Waals surface area contributed by atoms with Crippen LogP contribution in [0.4, 0.5) is 0 Å². The summed E-state index contributed by atoms with van der Waals surface area (Å²) in [6, 6.07) is 16.4. The van der Waals surface area contributed by atoms with Crippen LogP contribution in [0.2, 0.25) is 0 Å². The van der Waals surface area contributed by atoms with Gasteiger partial charge in [-0.3, -0.25) is 0 Å². The Kier molecular flexibility index (Phi) is 2.81. The monoisotopic (exact) mass is 264 g/mol. The minimum Gasteiger partial charge on any atom is -0.508 e. The maximum Gasteiger partial charge on any atom is 0.205 e. The predicted molar refractivity (Wildman–Crippen MR) is 73.8 cm³/mol. The first-order valence-corrected chi connectivity index (χ1v) is 6.16. The van der Waals surface area contributed by atoms with Gasteiger partial charge in [-0.2, -0.15) is 5.26 Å². The Morgan fingerprint density at radius 3 is 2.70 bits per heavy atom. The van der Waals surface area contributed by atoms with Gasteiger partial charge in [0.1, 0.15) is 23.1 Å². The van der Waals surface area contributed by atoms with E-state index < -0.39 is 0 Å². The first-order chi connectivity index (χ1) is 9.70. The third kappa shape index (κ3) is 1.86. The number of aromatic hydroxyl groups is 1. The SMILES string of the molecule is N#CC1=C(N)Oc2ccccc2C1c1cccc(O)c1. The summed E-state index contributed by atoms with van der Waals surface area (Å²) in [5.41, 5.74) is 7.87. The summed E-state index contributed by atoms with van der Waals surface area (Å²) in [6.45, 7) is 0. The molecule has 20 heavy (non-hydrogen) atoms. The van der Waals surface area contributed by atoms with Gasteiger partial charge in [-0.15, -0.1) is 0 Å². The molecule has 4 nitrogen and oxygen atoms in total. The molecule has 2 aromatic rings. The number of rotatable bonds is 1. The molecule has 0 aliphatic carbocycles. The number of hydrogen-bond acceptors (Lipinski definition) is 4. The first kappa shape index (κ1) is 12.1. The van der Waals surface area contributed by atoms with E-state index in [-0.39, 0.29) is 17.6 Å². The fourth-order valence-corrected chi connectivity index (χ4v) is 2.45. The Morgan fingerprint density at radius 2 is 1.95 bits per heavy atom. The standard InChI is InChI=1S/C16H12N2O2/c17-9-13-15(10-4-3-5-11(19)8-10)12-6-1-2-7-14(12)20-16(13)18/h1-8,15,19H,18H2. The van der Waals surface area contributed by atoms with E-state index in [4.69, 9.17) is 10.5 Å². The van der Waals surface area contributed by atoms with Crippen LogP contribution in [-0.2, 0) is 0 Å². The normalized spacial score (nSPS) is 17.1. The van der Waals surface area contributed by atoms with E-state index in [0.29, 0.717) is 11.3 Å². The van der Waals surface area contributed by atoms with Crippen LogP contribution in [0.25, 0.3) is 0 Å². The number of allylic oxidation sites excluding steroid dienone is 1. The second-order valence-electron chi connectivity index (χ2n) is 4.56. The van der Waals surface area contributed by atoms with E-state index >= 15 is 0 Å². The Bertz CT molecular complexity index is 744. The zero-order valence-corrected chi connectivity index (χ0v) is 10.6. The van der Waals surface area contributed by atoms with Gasteiger partial charge < -0.3 is 15.6 Å². The number of fused-ring (bicyclic) bond motifs is 1. The van der Waals surface area contributed by atoms with Crippen molar-refractivity contribution in [2.45, 2.75) is 5.92 Å². The summed E-state index contributed by atoms with van der Waals surface area (Å²) in [5, 5.41) is 19.0. The minimum atomic E-state index is -0.322. The van der Waals surface area contributed by atoms with Crippen LogP contribution in [0, 0.1) is 11.3 Å². The highest BCUT2D eigenvalue weighted by Crippen LogP contribution is 2.42. The molecule has 0 fully saturated rings. The van der Waals surface area contributed by atoms with E-state index in [9.17, 15) is 10.4 Å². The lowest BCUT2D eigenvalue weighted by Crippen LogP contribution is -2.20. The van der Waals surface area contributed by atoms with Crippen molar-refractivity contribution >= 4 is 0 Å². The van der Waals surface area contributed by atoms with Crippen molar-refractivity contribution < 1.29 is 9.84 Å². The number of nitrogens with two attached hydrogens (primary N) is 1. The number of para-hydroxylation sites is 1. The summed E-state index contributed by atoms with van der Waals surface area (Å²) in [4.78, 5) is 0. The smallest absolute Gasteiger partial charge is 0.205 e. The van der Waals surface area contributed by atoms with Gasteiger partial charge in [0.2, 0.25) is 5.88 Å². The summed E-state index contributed by atoms with van der Waals surface area (Å²) in [6.07, 6.45) is 0. The molecule has 1 unspecified atom stereocenters. The van der Waals surface area contributed by atoms with Gasteiger partial charge in [-0.05, 0) is 23.8 Å². The molecule has 1 heterocycles. The Balaban J connectivity index is 2.23. The maximum absolute atomic E-state index is 9.66. The molecular weight excluding hydrogens is 252 g/mol. The largest absolute Gasteiger partial charge is 0.508 e. The highest BCUT2D eigenvalue weighted by molar-refractivity contribution is 5.55. The van der Waals surface area contributed by atoms with E-state index in [1.165, 1.54) is 0 Å². The number of hydrogen-bond donors (Lipinski definition) is 2. The van der Waals surface area contributed by atoms with Gasteiger partial charge >= 0.3 is 0 Å². The number of benzene rings is 2. The molecule has 2 aromatic carbocycles. The molecule has 3 rings (SSSR count). The van der Waals surface area contributed by atoms with Crippen LogP contribution in [-0.4, -0.2) is 5.11 Å². The fourth-order valence-electron chi connectivity index (χ4n) is 2.45. The van der Waals surface area contributed by atoms with Gasteiger partial charge in [0.25, 0.3) is 0 Å². The molecule has 3 N–H and O–H groups in total. The molecule has 1 atom stereocenters. The average molecular weight is 264 g/mol. The molecular formula is C16H12N2O2. The number of ether oxygens (including phenoxy) is 1. The number of phenols is 1. The third-order valence-corrected chi connectivity index (χ3v) is 3.33. The Labute approximate surface area is 116 Å². The van der Waals surface area contributed by atoms with Crippen LogP contribution in [0.15, 0.2) is 60.0 Å². The Morgan fingerprint density at radius 1 is 1.15 bits per heavy atom. The third-order valence-electron chi connectivity index (χ3n) is 3.33. The van der Waals surface area contributed by atoms with Crippen molar-refractivity contribution in [3.8, 4) is 17.6 Å². The zero-order chi connectivity index (χ0) is 14.1. The van der Waals surface area contributed by atoms with E-state index in [0.717, 1.165) is 11.1 Å². The molecule has 0 saturated carbocycles. The quantitative estimate of drug-likeness (QED) is 0.829. The van der Waals surface area contributed by atoms with Crippen LogP contribution in [0.3, 0.4) is 0 Å². The van der Waals surface area contributed by atoms with E-state index in [2.05, 4.69) is 6.07 Å². The van der Waals surface area contributed by atoms with Crippen molar-refractivity contribution in [2.75, 3.05) is 0 Å². The highest BCUT2D eigenvalue weighted by Gasteiger charge is 2.30. The molecule has 0 saturated heterocycles. The average Bonchev–Trinajstić information content (AvgIpc) is 2.45. The number of nitrogens with zero attached hydrogens (tertiary/aromatic N) is 1. The van der Waals surface area contributed by atoms with Crippen molar-refractivity contribution in [1.82, 2.24) is 0 Å². The summed E-state index contributed by atoms with van der Waals surface area (Å²) in [7, 11) is 0. The van der Waals surface area contributed by atoms with Crippen LogP contribution >= 0.6 is 0 Å². The molecule has 0 bridgehead atoms. The first-order valence-electron chi connectivity index (χ1n) is 6.16. The minimum absolute atomic E-state index is 0.111. The van der Waals surface area contributed by atoms with E-state index in [1.807, 2.05) is 30.3 Å². The lowest BCUT2D eigenvalue weighted by atomic mass is 9.83. The zero-order valence-electron chi connectivity index (χ0n) is 10.6. The number of nitriles is 1. The summed E-state index contributed by atoms with van der Waals surface area (Å²) >= 11 is 0. The van der Waals surface area contributed by atoms with Crippen LogP contribution < -0.4 is 10.5 Å². The van der Waals surface area contributed by atoms with Gasteiger partial charge in [0.15, 0.2) is 0 Å². The van der Waals surface area contributed by atoms with Gasteiger partial charge in [0.05, 0.1) is 5.92 Å². The van der Waals surface area contributed by atoms with Gasteiger partial charge in [-0.1, -0.05) is 30.3 Å². The Hall–Kier alpha value is -2.93. The second-order valence-corrected chi connectivity index (χ2v) is 4.56. The van der Waals surface area contributed by atoms with Crippen molar-refractivity contribution in [2.24, 2.45) is 5.73 Å². The topological polar surface area (TPSA) is 79.3 Å². The molecule has 1 aliphatic rings. The summed E-state index contributed by atoms with van der Waals surface area (Å²) < 4.78 is 5.49. The molecule has 98 valence electrons. The summed E-state index contributed by atoms with van der Waals surface area (Å²) in [5.74, 6) is 0.580. The van der Waals surface area contributed by atoms with Crippen LogP contribution in [0.5, 0.6) is 11.5 Å². The molecule has 0 aromatic heterocycles. The van der Waals surface area contributed by atoms with Crippen LogP contribution in [0.1, 0.15) is 17.0 Å². The lowest BCUT2D eigenvalue weighted by molar-refractivity contribution is 0.393. The van der Waals surface area contributed by atoms with Crippen molar-refractivity contribution in [3.63, 3.8) is 0 Å². The maximum atomic E-state index is 9.66. The molecule has 1 aliphatic heterocycles. The number of phenolic OH excluding ortho intramolecular Hbond substituents is 1.